The second kappa shape index (κ2) is 7.35. The number of hydrogen-bond acceptors (Lipinski definition) is 3. The number of hydrogen-bond donors (Lipinski definition) is 3. The van der Waals surface area contributed by atoms with Crippen LogP contribution in [0.3, 0.4) is 0 Å². The monoisotopic (exact) mass is 319 g/mol. The molecule has 0 spiro atoms. The molecule has 0 saturated carbocycles. The third kappa shape index (κ3) is 5.10. The number of nitrogens with zero attached hydrogens (tertiary/aromatic N) is 1. The summed E-state index contributed by atoms with van der Waals surface area (Å²) in [4.78, 5) is 13.4. The maximum Gasteiger partial charge on any atom is 0.416 e. The highest BCUT2D eigenvalue weighted by Gasteiger charge is 2.31. The van der Waals surface area contributed by atoms with Crippen LogP contribution in [0.15, 0.2) is 18.2 Å². The first-order chi connectivity index (χ1) is 10.1. The molecule has 0 aliphatic rings. The smallest absolute Gasteiger partial charge is 0.396 e. The van der Waals surface area contributed by atoms with Gasteiger partial charge in [-0.1, -0.05) is 0 Å². The molecule has 0 heterocycles. The molecular weight excluding hydrogens is 299 g/mol. The average Bonchev–Trinajstić information content (AvgIpc) is 2.37. The largest absolute Gasteiger partial charge is 0.416 e. The van der Waals surface area contributed by atoms with Gasteiger partial charge in [-0.2, -0.15) is 13.2 Å². The number of halogens is 3. The number of carbonyl (C=O) groups is 1. The topological polar surface area (TPSA) is 64.6 Å². The zero-order valence-electron chi connectivity index (χ0n) is 12.7. The molecule has 1 aromatic rings. The Balaban J connectivity index is 2.97. The second-order valence-corrected chi connectivity index (χ2v) is 5.14. The predicted molar refractivity (Wildman–Crippen MR) is 79.1 cm³/mol. The number of alkyl halides is 3. The average molecular weight is 319 g/mol. The fourth-order valence-electron chi connectivity index (χ4n) is 1.85. The van der Waals surface area contributed by atoms with E-state index in [1.165, 1.54) is 6.07 Å². The van der Waals surface area contributed by atoms with E-state index in [2.05, 4.69) is 10.6 Å². The summed E-state index contributed by atoms with van der Waals surface area (Å²) in [6.07, 6.45) is -4.13. The van der Waals surface area contributed by atoms with E-state index in [9.17, 15) is 18.0 Å². The number of benzene rings is 1. The SMILES string of the molecule is C[C@H](CCO)NC(=O)Nc1cc(C(F)(F)F)ccc1N(C)C. The van der Waals surface area contributed by atoms with Gasteiger partial charge in [0.05, 0.1) is 16.9 Å². The van der Waals surface area contributed by atoms with Crippen LogP contribution in [0.1, 0.15) is 18.9 Å². The summed E-state index contributed by atoms with van der Waals surface area (Å²) >= 11 is 0. The van der Waals surface area contributed by atoms with E-state index in [1.807, 2.05) is 0 Å². The molecule has 0 radical (unpaired) electrons. The van der Waals surface area contributed by atoms with Crippen molar-refractivity contribution >= 4 is 17.4 Å². The Morgan fingerprint density at radius 1 is 1.36 bits per heavy atom. The number of carbonyl (C=O) groups excluding carboxylic acids is 1. The van der Waals surface area contributed by atoms with Gasteiger partial charge in [0.25, 0.3) is 0 Å². The first kappa shape index (κ1) is 18.1. The number of nitrogens with one attached hydrogen (secondary N) is 2. The maximum absolute atomic E-state index is 12.8. The number of aliphatic hydroxyl groups is 1. The number of amides is 2. The van der Waals surface area contributed by atoms with Crippen molar-refractivity contribution in [3.05, 3.63) is 23.8 Å². The van der Waals surface area contributed by atoms with Crippen molar-refractivity contribution in [1.29, 1.82) is 0 Å². The molecular formula is C14H20F3N3O2. The van der Waals surface area contributed by atoms with E-state index < -0.39 is 17.8 Å². The highest BCUT2D eigenvalue weighted by atomic mass is 19.4. The Labute approximate surface area is 127 Å². The fraction of sp³-hybridized carbons (Fsp3) is 0.500. The zero-order valence-corrected chi connectivity index (χ0v) is 12.7. The maximum atomic E-state index is 12.8. The molecule has 22 heavy (non-hydrogen) atoms. The Bertz CT molecular complexity index is 519. The minimum Gasteiger partial charge on any atom is -0.396 e. The summed E-state index contributed by atoms with van der Waals surface area (Å²) in [5.74, 6) is 0. The minimum absolute atomic E-state index is 0.0634. The molecule has 0 saturated heterocycles. The normalized spacial score (nSPS) is 12.7. The van der Waals surface area contributed by atoms with Crippen LogP contribution in [-0.4, -0.2) is 37.9 Å². The molecule has 0 aliphatic heterocycles. The van der Waals surface area contributed by atoms with E-state index in [4.69, 9.17) is 5.11 Å². The standard InChI is InChI=1S/C14H20F3N3O2/c1-9(6-7-21)18-13(22)19-11-8-10(14(15,16)17)4-5-12(11)20(2)3/h4-5,8-9,21H,6-7H2,1-3H3,(H2,18,19,22)/t9-/m1/s1. The number of rotatable bonds is 5. The van der Waals surface area contributed by atoms with E-state index in [0.29, 0.717) is 12.1 Å². The van der Waals surface area contributed by atoms with Crippen LogP contribution in [-0.2, 0) is 6.18 Å². The van der Waals surface area contributed by atoms with Crippen LogP contribution in [0.25, 0.3) is 0 Å². The van der Waals surface area contributed by atoms with Gasteiger partial charge in [-0.25, -0.2) is 4.79 Å². The predicted octanol–water partition coefficient (Wildman–Crippen LogP) is 2.66. The van der Waals surface area contributed by atoms with Gasteiger partial charge in [-0.15, -0.1) is 0 Å². The highest BCUT2D eigenvalue weighted by Crippen LogP contribution is 2.34. The van der Waals surface area contributed by atoms with Crippen molar-refractivity contribution in [3.8, 4) is 0 Å². The van der Waals surface area contributed by atoms with Gasteiger partial charge in [0.15, 0.2) is 0 Å². The summed E-state index contributed by atoms with van der Waals surface area (Å²) in [7, 11) is 3.33. The first-order valence-electron chi connectivity index (χ1n) is 6.72. The summed E-state index contributed by atoms with van der Waals surface area (Å²) in [6.45, 7) is 1.60. The lowest BCUT2D eigenvalue weighted by Crippen LogP contribution is -2.37. The molecule has 8 heteroatoms. The molecule has 0 unspecified atom stereocenters. The molecule has 0 bridgehead atoms. The van der Waals surface area contributed by atoms with Gasteiger partial charge in [0.2, 0.25) is 0 Å². The Morgan fingerprint density at radius 2 is 2.00 bits per heavy atom. The van der Waals surface area contributed by atoms with Crippen LogP contribution in [0.5, 0.6) is 0 Å². The fourth-order valence-corrected chi connectivity index (χ4v) is 1.85. The van der Waals surface area contributed by atoms with Gasteiger partial charge in [-0.3, -0.25) is 0 Å². The Kier molecular flexibility index (Phi) is 6.04. The van der Waals surface area contributed by atoms with Crippen molar-refractivity contribution < 1.29 is 23.1 Å². The molecule has 0 aliphatic carbocycles. The minimum atomic E-state index is -4.48. The lowest BCUT2D eigenvalue weighted by atomic mass is 10.1. The lowest BCUT2D eigenvalue weighted by molar-refractivity contribution is -0.137. The molecule has 0 aromatic heterocycles. The van der Waals surface area contributed by atoms with Crippen LogP contribution < -0.4 is 15.5 Å². The van der Waals surface area contributed by atoms with E-state index >= 15 is 0 Å². The molecule has 5 nitrogen and oxygen atoms in total. The molecule has 3 N–H and O–H groups in total. The van der Waals surface area contributed by atoms with Gasteiger partial charge in [0, 0.05) is 26.7 Å². The molecule has 124 valence electrons. The number of urea groups is 1. The van der Waals surface area contributed by atoms with Crippen molar-refractivity contribution in [3.63, 3.8) is 0 Å². The molecule has 1 aromatic carbocycles. The third-order valence-corrected chi connectivity index (χ3v) is 2.99. The lowest BCUT2D eigenvalue weighted by Gasteiger charge is -2.21. The quantitative estimate of drug-likeness (QED) is 0.782. The van der Waals surface area contributed by atoms with Crippen LogP contribution in [0.4, 0.5) is 29.3 Å². The van der Waals surface area contributed by atoms with Gasteiger partial charge < -0.3 is 20.6 Å². The Hall–Kier alpha value is -1.96. The van der Waals surface area contributed by atoms with Crippen LogP contribution in [0.2, 0.25) is 0 Å². The highest BCUT2D eigenvalue weighted by molar-refractivity contribution is 5.93. The van der Waals surface area contributed by atoms with Gasteiger partial charge in [-0.05, 0) is 31.5 Å². The van der Waals surface area contributed by atoms with E-state index in [-0.39, 0.29) is 18.3 Å². The second-order valence-electron chi connectivity index (χ2n) is 5.14. The summed E-state index contributed by atoms with van der Waals surface area (Å²) < 4.78 is 38.3. The van der Waals surface area contributed by atoms with Crippen molar-refractivity contribution in [1.82, 2.24) is 5.32 Å². The molecule has 1 atom stereocenters. The van der Waals surface area contributed by atoms with Crippen LogP contribution >= 0.6 is 0 Å². The third-order valence-electron chi connectivity index (χ3n) is 2.99. The number of anilines is 2. The van der Waals surface area contributed by atoms with Crippen LogP contribution in [0, 0.1) is 0 Å². The summed E-state index contributed by atoms with van der Waals surface area (Å²) in [5, 5.41) is 13.7. The summed E-state index contributed by atoms with van der Waals surface area (Å²) in [5.41, 5.74) is -0.316. The summed E-state index contributed by atoms with van der Waals surface area (Å²) in [6, 6.07) is 2.25. The van der Waals surface area contributed by atoms with Crippen molar-refractivity contribution in [2.45, 2.75) is 25.6 Å². The Morgan fingerprint density at radius 3 is 2.50 bits per heavy atom. The van der Waals surface area contributed by atoms with Gasteiger partial charge in [0.1, 0.15) is 0 Å². The molecule has 1 rings (SSSR count). The van der Waals surface area contributed by atoms with Crippen molar-refractivity contribution in [2.24, 2.45) is 0 Å². The number of aliphatic hydroxyl groups excluding tert-OH is 1. The van der Waals surface area contributed by atoms with Gasteiger partial charge >= 0.3 is 12.2 Å². The molecule has 0 fully saturated rings. The molecule has 2 amide bonds. The van der Waals surface area contributed by atoms with E-state index in [0.717, 1.165) is 12.1 Å². The van der Waals surface area contributed by atoms with Crippen molar-refractivity contribution in [2.75, 3.05) is 30.9 Å². The first-order valence-corrected chi connectivity index (χ1v) is 6.72. The van der Waals surface area contributed by atoms with E-state index in [1.54, 1.807) is 25.9 Å². The zero-order chi connectivity index (χ0) is 16.9.